The molecule has 0 bridgehead atoms. The van der Waals surface area contributed by atoms with Crippen molar-refractivity contribution in [3.05, 3.63) is 52.6 Å². The first kappa shape index (κ1) is 18.8. The van der Waals surface area contributed by atoms with Crippen LogP contribution in [0.3, 0.4) is 0 Å². The number of ketones is 1. The van der Waals surface area contributed by atoms with Crippen LogP contribution in [0.4, 0.5) is 0 Å². The Balaban J connectivity index is 1.54. The summed E-state index contributed by atoms with van der Waals surface area (Å²) in [6.45, 7) is 4.05. The molecule has 4 rings (SSSR count). The molecule has 0 amide bonds. The first-order valence-corrected chi connectivity index (χ1v) is 9.73. The Morgan fingerprint density at radius 2 is 2.25 bits per heavy atom. The van der Waals surface area contributed by atoms with Crippen molar-refractivity contribution >= 4 is 17.4 Å². The van der Waals surface area contributed by atoms with Crippen molar-refractivity contribution in [2.45, 2.75) is 26.3 Å². The van der Waals surface area contributed by atoms with Crippen LogP contribution in [0, 0.1) is 12.8 Å². The maximum absolute atomic E-state index is 12.8. The summed E-state index contributed by atoms with van der Waals surface area (Å²) >= 11 is 6.52. The molecule has 3 aromatic heterocycles. The highest BCUT2D eigenvalue weighted by molar-refractivity contribution is 6.30. The Labute approximate surface area is 168 Å². The quantitative estimate of drug-likeness (QED) is 0.611. The van der Waals surface area contributed by atoms with Crippen molar-refractivity contribution in [3.63, 3.8) is 0 Å². The monoisotopic (exact) mass is 399 g/mol. The van der Waals surface area contributed by atoms with Crippen LogP contribution in [-0.4, -0.2) is 43.7 Å². The molecule has 146 valence electrons. The Hall–Kier alpha value is -2.51. The number of hydrogen-bond acceptors (Lipinski definition) is 6. The molecule has 4 heterocycles. The number of halogens is 1. The zero-order chi connectivity index (χ0) is 19.7. The van der Waals surface area contributed by atoms with Gasteiger partial charge in [-0.2, -0.15) is 5.10 Å². The number of hydrogen-bond donors (Lipinski definition) is 0. The van der Waals surface area contributed by atoms with Crippen molar-refractivity contribution in [1.29, 1.82) is 0 Å². The van der Waals surface area contributed by atoms with Crippen LogP contribution < -0.4 is 0 Å². The first-order valence-electron chi connectivity index (χ1n) is 9.35. The second-order valence-corrected chi connectivity index (χ2v) is 7.58. The minimum atomic E-state index is -0.0585. The molecule has 1 aliphatic heterocycles. The van der Waals surface area contributed by atoms with Crippen LogP contribution in [-0.2, 0) is 13.6 Å². The number of piperidine rings is 1. The molecule has 8 heteroatoms. The van der Waals surface area contributed by atoms with Crippen LogP contribution in [0.2, 0.25) is 5.15 Å². The lowest BCUT2D eigenvalue weighted by molar-refractivity contribution is 0.0806. The molecule has 1 atom stereocenters. The van der Waals surface area contributed by atoms with E-state index in [1.165, 1.54) is 0 Å². The Kier molecular flexibility index (Phi) is 5.28. The van der Waals surface area contributed by atoms with E-state index in [4.69, 9.17) is 16.1 Å². The van der Waals surface area contributed by atoms with E-state index in [-0.39, 0.29) is 11.7 Å². The average Bonchev–Trinajstić information content (AvgIpc) is 3.27. The standard InChI is InChI=1S/C20H22ClN5O2/c1-13-10-17(24-28-13)18-15(20(21)25(2)23-18)12-26-9-5-6-14(11-26)19(27)16-7-3-4-8-22-16/h3-4,7-8,10,14H,5-6,9,11-12H2,1-2H3. The van der Waals surface area contributed by atoms with Gasteiger partial charge in [0, 0.05) is 43.9 Å². The molecule has 0 radical (unpaired) electrons. The SMILES string of the molecule is Cc1cc(-c2nn(C)c(Cl)c2CN2CCCC(C(=O)c3ccccn3)C2)no1. The van der Waals surface area contributed by atoms with E-state index < -0.39 is 0 Å². The summed E-state index contributed by atoms with van der Waals surface area (Å²) in [7, 11) is 1.81. The van der Waals surface area contributed by atoms with Gasteiger partial charge in [0.15, 0.2) is 5.78 Å². The molecule has 0 aromatic carbocycles. The minimum absolute atomic E-state index is 0.0585. The van der Waals surface area contributed by atoms with Gasteiger partial charge >= 0.3 is 0 Å². The predicted molar refractivity (Wildman–Crippen MR) is 105 cm³/mol. The highest BCUT2D eigenvalue weighted by Crippen LogP contribution is 2.31. The van der Waals surface area contributed by atoms with Crippen LogP contribution in [0.5, 0.6) is 0 Å². The highest BCUT2D eigenvalue weighted by atomic mass is 35.5. The van der Waals surface area contributed by atoms with E-state index >= 15 is 0 Å². The zero-order valence-corrected chi connectivity index (χ0v) is 16.7. The fourth-order valence-corrected chi connectivity index (χ4v) is 3.91. The van der Waals surface area contributed by atoms with Crippen molar-refractivity contribution in [2.75, 3.05) is 13.1 Å². The highest BCUT2D eigenvalue weighted by Gasteiger charge is 2.29. The lowest BCUT2D eigenvalue weighted by Gasteiger charge is -2.31. The number of likely N-dealkylation sites (tertiary alicyclic amines) is 1. The number of aromatic nitrogens is 4. The predicted octanol–water partition coefficient (Wildman–Crippen LogP) is 3.53. The molecule has 0 N–H and O–H groups in total. The number of carbonyl (C=O) groups is 1. The van der Waals surface area contributed by atoms with E-state index in [1.807, 2.05) is 32.2 Å². The molecule has 1 unspecified atom stereocenters. The van der Waals surface area contributed by atoms with Crippen molar-refractivity contribution in [3.8, 4) is 11.4 Å². The van der Waals surface area contributed by atoms with E-state index in [0.29, 0.717) is 29.6 Å². The molecule has 1 aliphatic rings. The van der Waals surface area contributed by atoms with Gasteiger partial charge in [0.05, 0.1) is 0 Å². The van der Waals surface area contributed by atoms with Crippen LogP contribution in [0.1, 0.15) is 34.7 Å². The molecule has 1 fully saturated rings. The summed E-state index contributed by atoms with van der Waals surface area (Å²) in [5, 5.41) is 9.18. The molecule has 28 heavy (non-hydrogen) atoms. The first-order chi connectivity index (χ1) is 13.5. The molecular weight excluding hydrogens is 378 g/mol. The summed E-state index contributed by atoms with van der Waals surface area (Å²) < 4.78 is 6.85. The molecule has 1 saturated heterocycles. The smallest absolute Gasteiger partial charge is 0.185 e. The van der Waals surface area contributed by atoms with Gasteiger partial charge < -0.3 is 4.52 Å². The molecule has 0 aliphatic carbocycles. The van der Waals surface area contributed by atoms with Gasteiger partial charge in [-0.1, -0.05) is 22.8 Å². The van der Waals surface area contributed by atoms with E-state index in [0.717, 1.165) is 36.4 Å². The van der Waals surface area contributed by atoms with Gasteiger partial charge in [-0.15, -0.1) is 0 Å². The van der Waals surface area contributed by atoms with Crippen molar-refractivity contribution in [1.82, 2.24) is 24.8 Å². The number of nitrogens with zero attached hydrogens (tertiary/aromatic N) is 5. The van der Waals surface area contributed by atoms with Gasteiger partial charge in [0.1, 0.15) is 28.0 Å². The van der Waals surface area contributed by atoms with Crippen LogP contribution in [0.25, 0.3) is 11.4 Å². The Bertz CT molecular complexity index is 982. The number of carbonyl (C=O) groups excluding carboxylic acids is 1. The third-order valence-electron chi connectivity index (χ3n) is 5.11. The molecule has 3 aromatic rings. The Morgan fingerprint density at radius 3 is 2.96 bits per heavy atom. The average molecular weight is 400 g/mol. The lowest BCUT2D eigenvalue weighted by atomic mass is 9.91. The largest absolute Gasteiger partial charge is 0.361 e. The van der Waals surface area contributed by atoms with Gasteiger partial charge in [0.25, 0.3) is 0 Å². The van der Waals surface area contributed by atoms with Gasteiger partial charge in [-0.3, -0.25) is 19.4 Å². The fraction of sp³-hybridized carbons (Fsp3) is 0.400. The topological polar surface area (TPSA) is 77.1 Å². The molecule has 7 nitrogen and oxygen atoms in total. The number of aryl methyl sites for hydroxylation is 2. The third-order valence-corrected chi connectivity index (χ3v) is 5.59. The summed E-state index contributed by atoms with van der Waals surface area (Å²) in [6.07, 6.45) is 3.50. The summed E-state index contributed by atoms with van der Waals surface area (Å²) in [5.41, 5.74) is 2.84. The number of pyridine rings is 1. The third kappa shape index (κ3) is 3.72. The summed E-state index contributed by atoms with van der Waals surface area (Å²) in [4.78, 5) is 19.3. The van der Waals surface area contributed by atoms with E-state index in [1.54, 1.807) is 16.9 Å². The number of rotatable bonds is 5. The summed E-state index contributed by atoms with van der Waals surface area (Å²) in [5.74, 6) is 0.772. The Morgan fingerprint density at radius 1 is 1.39 bits per heavy atom. The molecule has 0 spiro atoms. The zero-order valence-electron chi connectivity index (χ0n) is 15.9. The normalized spacial score (nSPS) is 17.8. The second-order valence-electron chi connectivity index (χ2n) is 7.22. The van der Waals surface area contributed by atoms with E-state index in [9.17, 15) is 4.79 Å². The van der Waals surface area contributed by atoms with Crippen molar-refractivity contribution in [2.24, 2.45) is 13.0 Å². The van der Waals surface area contributed by atoms with Crippen LogP contribution in [0.15, 0.2) is 35.0 Å². The maximum Gasteiger partial charge on any atom is 0.185 e. The van der Waals surface area contributed by atoms with Gasteiger partial charge in [-0.25, -0.2) is 0 Å². The molecule has 0 saturated carbocycles. The van der Waals surface area contributed by atoms with Gasteiger partial charge in [0.2, 0.25) is 0 Å². The van der Waals surface area contributed by atoms with Crippen molar-refractivity contribution < 1.29 is 9.32 Å². The minimum Gasteiger partial charge on any atom is -0.361 e. The maximum atomic E-state index is 12.8. The van der Waals surface area contributed by atoms with Crippen LogP contribution >= 0.6 is 11.6 Å². The molecular formula is C20H22ClN5O2. The van der Waals surface area contributed by atoms with Gasteiger partial charge in [-0.05, 0) is 38.4 Å². The second kappa shape index (κ2) is 7.85. The fourth-order valence-electron chi connectivity index (χ4n) is 3.73. The lowest BCUT2D eigenvalue weighted by Crippen LogP contribution is -2.38. The number of Topliss-reactive ketones (excluding diaryl/α,β-unsaturated/α-hetero) is 1. The van der Waals surface area contributed by atoms with E-state index in [2.05, 4.69) is 20.1 Å². The summed E-state index contributed by atoms with van der Waals surface area (Å²) in [6, 6.07) is 7.31.